The zero-order valence-electron chi connectivity index (χ0n) is 10.5. The Kier molecular flexibility index (Phi) is 3.33. The molecule has 0 saturated carbocycles. The first-order valence-electron chi connectivity index (χ1n) is 5.67. The first kappa shape index (κ1) is 11.5. The van der Waals surface area contributed by atoms with E-state index in [9.17, 15) is 0 Å². The van der Waals surface area contributed by atoms with Crippen LogP contribution in [0.4, 0.5) is 5.69 Å². The van der Waals surface area contributed by atoms with Crippen molar-refractivity contribution in [2.75, 3.05) is 19.0 Å². The summed E-state index contributed by atoms with van der Waals surface area (Å²) in [5, 5.41) is 0. The summed E-state index contributed by atoms with van der Waals surface area (Å²) in [7, 11) is 4.05. The number of nitrogens with zero attached hydrogens (tertiary/aromatic N) is 1. The fourth-order valence-corrected chi connectivity index (χ4v) is 1.55. The molecule has 2 rings (SSSR count). The summed E-state index contributed by atoms with van der Waals surface area (Å²) >= 11 is 0. The van der Waals surface area contributed by atoms with Crippen LogP contribution >= 0.6 is 0 Å². The average Bonchev–Trinajstić information content (AvgIpc) is 2.33. The highest BCUT2D eigenvalue weighted by molar-refractivity contribution is 5.48. The largest absolute Gasteiger partial charge is 0.457 e. The third-order valence-electron chi connectivity index (χ3n) is 2.61. The number of aryl methyl sites for hydroxylation is 1. The Morgan fingerprint density at radius 2 is 1.24 bits per heavy atom. The van der Waals surface area contributed by atoms with Crippen molar-refractivity contribution in [3.63, 3.8) is 0 Å². The lowest BCUT2D eigenvalue weighted by Gasteiger charge is -2.13. The summed E-state index contributed by atoms with van der Waals surface area (Å²) in [6.45, 7) is 2.07. The van der Waals surface area contributed by atoms with Crippen molar-refractivity contribution in [1.82, 2.24) is 0 Å². The van der Waals surface area contributed by atoms with Gasteiger partial charge in [0, 0.05) is 19.8 Å². The van der Waals surface area contributed by atoms with Gasteiger partial charge in [-0.15, -0.1) is 0 Å². The normalized spacial score (nSPS) is 10.1. The van der Waals surface area contributed by atoms with Crippen molar-refractivity contribution in [3.8, 4) is 11.5 Å². The molecule has 0 saturated heterocycles. The molecule has 0 aliphatic heterocycles. The highest BCUT2D eigenvalue weighted by Gasteiger charge is 1.98. The van der Waals surface area contributed by atoms with Crippen molar-refractivity contribution >= 4 is 5.69 Å². The molecule has 2 aromatic rings. The number of ether oxygens (including phenoxy) is 1. The van der Waals surface area contributed by atoms with E-state index >= 15 is 0 Å². The molecule has 17 heavy (non-hydrogen) atoms. The summed E-state index contributed by atoms with van der Waals surface area (Å²) in [4.78, 5) is 2.07. The van der Waals surface area contributed by atoms with Crippen molar-refractivity contribution in [1.29, 1.82) is 0 Å². The zero-order chi connectivity index (χ0) is 12.3. The van der Waals surface area contributed by atoms with Gasteiger partial charge >= 0.3 is 0 Å². The van der Waals surface area contributed by atoms with Crippen LogP contribution in [0.1, 0.15) is 5.56 Å². The van der Waals surface area contributed by atoms with Crippen molar-refractivity contribution < 1.29 is 4.74 Å². The van der Waals surface area contributed by atoms with E-state index in [0.717, 1.165) is 11.5 Å². The van der Waals surface area contributed by atoms with Gasteiger partial charge in [-0.05, 0) is 43.3 Å². The number of hydrogen-bond donors (Lipinski definition) is 0. The smallest absolute Gasteiger partial charge is 0.127 e. The first-order valence-corrected chi connectivity index (χ1v) is 5.67. The lowest BCUT2D eigenvalue weighted by Crippen LogP contribution is -2.07. The topological polar surface area (TPSA) is 12.5 Å². The van der Waals surface area contributed by atoms with Crippen LogP contribution in [-0.2, 0) is 0 Å². The second-order valence-electron chi connectivity index (χ2n) is 4.30. The number of anilines is 1. The molecule has 0 spiro atoms. The molecule has 0 atom stereocenters. The molecule has 88 valence electrons. The molecule has 0 fully saturated rings. The predicted octanol–water partition coefficient (Wildman–Crippen LogP) is 3.85. The molecule has 0 heterocycles. The molecule has 0 aliphatic carbocycles. The van der Waals surface area contributed by atoms with Crippen LogP contribution in [-0.4, -0.2) is 14.1 Å². The van der Waals surface area contributed by atoms with E-state index in [4.69, 9.17) is 4.74 Å². The van der Waals surface area contributed by atoms with Gasteiger partial charge in [-0.2, -0.15) is 0 Å². The van der Waals surface area contributed by atoms with E-state index in [0.29, 0.717) is 0 Å². The number of hydrogen-bond acceptors (Lipinski definition) is 2. The van der Waals surface area contributed by atoms with E-state index in [1.807, 2.05) is 62.6 Å². The van der Waals surface area contributed by atoms with E-state index in [1.54, 1.807) is 0 Å². The summed E-state index contributed by atoms with van der Waals surface area (Å²) in [5.74, 6) is 1.73. The molecule has 2 heteroatoms. The highest BCUT2D eigenvalue weighted by Crippen LogP contribution is 2.23. The van der Waals surface area contributed by atoms with Gasteiger partial charge in [0.25, 0.3) is 0 Å². The zero-order valence-corrected chi connectivity index (χ0v) is 10.5. The van der Waals surface area contributed by atoms with Crippen LogP contribution in [0.5, 0.6) is 11.5 Å². The molecule has 2 nitrogen and oxygen atoms in total. The Hall–Kier alpha value is -1.96. The fraction of sp³-hybridized carbons (Fsp3) is 0.200. The first-order chi connectivity index (χ1) is 8.15. The average molecular weight is 227 g/mol. The second kappa shape index (κ2) is 4.91. The Labute approximate surface area is 102 Å². The van der Waals surface area contributed by atoms with Gasteiger partial charge in [0.15, 0.2) is 0 Å². The molecular weight excluding hydrogens is 210 g/mol. The highest BCUT2D eigenvalue weighted by atomic mass is 16.5. The lowest BCUT2D eigenvalue weighted by molar-refractivity contribution is 0.482. The van der Waals surface area contributed by atoms with Gasteiger partial charge in [-0.25, -0.2) is 0 Å². The molecule has 0 radical (unpaired) electrons. The van der Waals surface area contributed by atoms with E-state index < -0.39 is 0 Å². The lowest BCUT2D eigenvalue weighted by atomic mass is 10.2. The van der Waals surface area contributed by atoms with Crippen LogP contribution in [0.3, 0.4) is 0 Å². The molecule has 0 N–H and O–H groups in total. The maximum Gasteiger partial charge on any atom is 0.127 e. The molecular formula is C15H17NO. The minimum atomic E-state index is 0.861. The van der Waals surface area contributed by atoms with Crippen LogP contribution < -0.4 is 9.64 Å². The van der Waals surface area contributed by atoms with Gasteiger partial charge in [-0.3, -0.25) is 0 Å². The minimum Gasteiger partial charge on any atom is -0.457 e. The summed E-state index contributed by atoms with van der Waals surface area (Å²) < 4.78 is 5.75. The minimum absolute atomic E-state index is 0.861. The predicted molar refractivity (Wildman–Crippen MR) is 72.0 cm³/mol. The van der Waals surface area contributed by atoms with E-state index in [2.05, 4.69) is 11.8 Å². The SMILES string of the molecule is Cc1ccc(Oc2ccc(N(C)C)cc2)cc1. The molecule has 0 amide bonds. The fourth-order valence-electron chi connectivity index (χ4n) is 1.55. The molecule has 2 aromatic carbocycles. The van der Waals surface area contributed by atoms with Gasteiger partial charge in [0.05, 0.1) is 0 Å². The molecule has 0 unspecified atom stereocenters. The van der Waals surface area contributed by atoms with Crippen LogP contribution in [0, 0.1) is 6.92 Å². The standard InChI is InChI=1S/C15H17NO/c1-12-4-8-14(9-5-12)17-15-10-6-13(7-11-15)16(2)3/h4-11H,1-3H3. The molecule has 0 bridgehead atoms. The number of rotatable bonds is 3. The summed E-state index contributed by atoms with van der Waals surface area (Å²) in [5.41, 5.74) is 2.40. The van der Waals surface area contributed by atoms with E-state index in [1.165, 1.54) is 11.3 Å². The Morgan fingerprint density at radius 3 is 1.71 bits per heavy atom. The maximum absolute atomic E-state index is 5.75. The monoisotopic (exact) mass is 227 g/mol. The Bertz CT molecular complexity index is 471. The molecule has 0 aromatic heterocycles. The van der Waals surface area contributed by atoms with Crippen LogP contribution in [0.25, 0.3) is 0 Å². The van der Waals surface area contributed by atoms with E-state index in [-0.39, 0.29) is 0 Å². The van der Waals surface area contributed by atoms with Crippen molar-refractivity contribution in [2.45, 2.75) is 6.92 Å². The number of benzene rings is 2. The maximum atomic E-state index is 5.75. The van der Waals surface area contributed by atoms with Gasteiger partial charge in [-0.1, -0.05) is 17.7 Å². The van der Waals surface area contributed by atoms with Crippen LogP contribution in [0.2, 0.25) is 0 Å². The van der Waals surface area contributed by atoms with Crippen molar-refractivity contribution in [2.24, 2.45) is 0 Å². The van der Waals surface area contributed by atoms with Gasteiger partial charge in [0.2, 0.25) is 0 Å². The summed E-state index contributed by atoms with van der Waals surface area (Å²) in [6, 6.07) is 16.1. The Balaban J connectivity index is 2.11. The van der Waals surface area contributed by atoms with Crippen LogP contribution in [0.15, 0.2) is 48.5 Å². The summed E-state index contributed by atoms with van der Waals surface area (Å²) in [6.07, 6.45) is 0. The van der Waals surface area contributed by atoms with Gasteiger partial charge < -0.3 is 9.64 Å². The molecule has 0 aliphatic rings. The Morgan fingerprint density at radius 1 is 0.765 bits per heavy atom. The third-order valence-corrected chi connectivity index (χ3v) is 2.61. The van der Waals surface area contributed by atoms with Crippen molar-refractivity contribution in [3.05, 3.63) is 54.1 Å². The quantitative estimate of drug-likeness (QED) is 0.789. The third kappa shape index (κ3) is 3.00. The van der Waals surface area contributed by atoms with Gasteiger partial charge in [0.1, 0.15) is 11.5 Å². The second-order valence-corrected chi connectivity index (χ2v) is 4.30.